The molecule has 24 heavy (non-hydrogen) atoms. The van der Waals surface area contributed by atoms with E-state index in [1.807, 2.05) is 0 Å². The third kappa shape index (κ3) is 4.83. The standard InChI is InChI=1S/C16H28N2O6/c1-11(12(19)23-5)17-9-8-16(13(20)21)7-6-10-18(16)14(22)24-15(2,3)4/h11,17H,6-10H2,1-5H3,(H,20,21)/t11-,16?/m0/s1. The lowest BCUT2D eigenvalue weighted by Crippen LogP contribution is -2.55. The van der Waals surface area contributed by atoms with Crippen molar-refractivity contribution < 1.29 is 29.0 Å². The Labute approximate surface area is 142 Å². The van der Waals surface area contributed by atoms with Gasteiger partial charge in [0.2, 0.25) is 0 Å². The van der Waals surface area contributed by atoms with Crippen LogP contribution in [0.3, 0.4) is 0 Å². The Morgan fingerprint density at radius 3 is 2.46 bits per heavy atom. The van der Waals surface area contributed by atoms with Gasteiger partial charge in [0, 0.05) is 6.54 Å². The molecule has 2 atom stereocenters. The maximum absolute atomic E-state index is 12.4. The van der Waals surface area contributed by atoms with Gasteiger partial charge in [0.05, 0.1) is 7.11 Å². The van der Waals surface area contributed by atoms with Crippen LogP contribution in [0.1, 0.15) is 47.0 Å². The molecule has 1 heterocycles. The Morgan fingerprint density at radius 2 is 1.96 bits per heavy atom. The highest BCUT2D eigenvalue weighted by Crippen LogP contribution is 2.34. The Balaban J connectivity index is 2.80. The van der Waals surface area contributed by atoms with Crippen molar-refractivity contribution in [2.24, 2.45) is 0 Å². The lowest BCUT2D eigenvalue weighted by Gasteiger charge is -2.36. The molecule has 1 amide bonds. The predicted molar refractivity (Wildman–Crippen MR) is 86.6 cm³/mol. The Kier molecular flexibility index (Phi) is 6.59. The highest BCUT2D eigenvalue weighted by atomic mass is 16.6. The maximum atomic E-state index is 12.4. The van der Waals surface area contributed by atoms with Crippen LogP contribution in [0.4, 0.5) is 4.79 Å². The first-order valence-electron chi connectivity index (χ1n) is 8.09. The van der Waals surface area contributed by atoms with Gasteiger partial charge in [0.1, 0.15) is 17.2 Å². The van der Waals surface area contributed by atoms with Gasteiger partial charge >= 0.3 is 18.0 Å². The van der Waals surface area contributed by atoms with Gasteiger partial charge in [-0.05, 0) is 53.5 Å². The molecule has 0 saturated carbocycles. The number of carboxylic acid groups (broad SMARTS) is 1. The second-order valence-corrected chi connectivity index (χ2v) is 7.02. The zero-order valence-electron chi connectivity index (χ0n) is 15.0. The minimum atomic E-state index is -1.31. The van der Waals surface area contributed by atoms with E-state index in [9.17, 15) is 19.5 Å². The van der Waals surface area contributed by atoms with Crippen molar-refractivity contribution >= 4 is 18.0 Å². The van der Waals surface area contributed by atoms with Crippen LogP contribution in [0.15, 0.2) is 0 Å². The number of nitrogens with zero attached hydrogens (tertiary/aromatic N) is 1. The molecule has 1 aliphatic rings. The van der Waals surface area contributed by atoms with Crippen LogP contribution in [0.25, 0.3) is 0 Å². The summed E-state index contributed by atoms with van der Waals surface area (Å²) >= 11 is 0. The molecular weight excluding hydrogens is 316 g/mol. The Hall–Kier alpha value is -1.83. The molecule has 0 aromatic rings. The number of carboxylic acids is 1. The molecule has 0 aromatic carbocycles. The molecule has 1 unspecified atom stereocenters. The number of hydrogen-bond donors (Lipinski definition) is 2. The quantitative estimate of drug-likeness (QED) is 0.701. The number of esters is 1. The van der Waals surface area contributed by atoms with Crippen molar-refractivity contribution in [1.82, 2.24) is 10.2 Å². The van der Waals surface area contributed by atoms with Crippen LogP contribution in [0, 0.1) is 0 Å². The molecule has 0 aromatic heterocycles. The second-order valence-electron chi connectivity index (χ2n) is 7.02. The lowest BCUT2D eigenvalue weighted by atomic mass is 9.92. The number of nitrogens with one attached hydrogen (secondary N) is 1. The van der Waals surface area contributed by atoms with Gasteiger partial charge in [-0.2, -0.15) is 0 Å². The van der Waals surface area contributed by atoms with Gasteiger partial charge in [-0.3, -0.25) is 9.69 Å². The molecule has 0 radical (unpaired) electrons. The van der Waals surface area contributed by atoms with Gasteiger partial charge in [-0.1, -0.05) is 0 Å². The van der Waals surface area contributed by atoms with Gasteiger partial charge in [0.25, 0.3) is 0 Å². The van der Waals surface area contributed by atoms with E-state index >= 15 is 0 Å². The smallest absolute Gasteiger partial charge is 0.411 e. The number of aliphatic carboxylic acids is 1. The van der Waals surface area contributed by atoms with E-state index in [-0.39, 0.29) is 13.0 Å². The van der Waals surface area contributed by atoms with Gasteiger partial charge < -0.3 is 19.9 Å². The molecule has 0 spiro atoms. The molecule has 8 heteroatoms. The first-order valence-corrected chi connectivity index (χ1v) is 8.09. The molecule has 1 fully saturated rings. The van der Waals surface area contributed by atoms with Crippen molar-refractivity contribution in [3.63, 3.8) is 0 Å². The van der Waals surface area contributed by atoms with E-state index in [0.29, 0.717) is 19.4 Å². The van der Waals surface area contributed by atoms with Crippen molar-refractivity contribution in [1.29, 1.82) is 0 Å². The Morgan fingerprint density at radius 1 is 1.33 bits per heavy atom. The van der Waals surface area contributed by atoms with Crippen LogP contribution in [-0.4, -0.2) is 65.4 Å². The second kappa shape index (κ2) is 7.83. The van der Waals surface area contributed by atoms with Crippen LogP contribution in [0.2, 0.25) is 0 Å². The van der Waals surface area contributed by atoms with E-state index in [0.717, 1.165) is 0 Å². The summed E-state index contributed by atoms with van der Waals surface area (Å²) < 4.78 is 9.96. The number of likely N-dealkylation sites (tertiary alicyclic amines) is 1. The maximum Gasteiger partial charge on any atom is 0.411 e. The SMILES string of the molecule is COC(=O)[C@H](C)NCCC1(C(=O)O)CCCN1C(=O)OC(C)(C)C. The zero-order valence-corrected chi connectivity index (χ0v) is 15.0. The lowest BCUT2D eigenvalue weighted by molar-refractivity contribution is -0.149. The summed E-state index contributed by atoms with van der Waals surface area (Å²) in [5.74, 6) is -1.48. The molecule has 138 valence electrons. The summed E-state index contributed by atoms with van der Waals surface area (Å²) in [5.41, 5.74) is -2.01. The first-order chi connectivity index (χ1) is 11.0. The van der Waals surface area contributed by atoms with Crippen molar-refractivity contribution in [3.05, 3.63) is 0 Å². The summed E-state index contributed by atoms with van der Waals surface area (Å²) in [6.07, 6.45) is 0.514. The van der Waals surface area contributed by atoms with Crippen molar-refractivity contribution in [3.8, 4) is 0 Å². The number of rotatable bonds is 6. The minimum absolute atomic E-state index is 0.183. The number of hydrogen-bond acceptors (Lipinski definition) is 6. The van der Waals surface area contributed by atoms with E-state index in [1.165, 1.54) is 12.0 Å². The summed E-state index contributed by atoms with van der Waals surface area (Å²) in [6, 6.07) is -0.544. The minimum Gasteiger partial charge on any atom is -0.479 e. The Bertz CT molecular complexity index is 487. The van der Waals surface area contributed by atoms with Gasteiger partial charge in [0.15, 0.2) is 0 Å². The number of methoxy groups -OCH3 is 1. The van der Waals surface area contributed by atoms with Crippen molar-refractivity contribution in [2.45, 2.75) is 64.1 Å². The highest BCUT2D eigenvalue weighted by Gasteiger charge is 2.50. The van der Waals surface area contributed by atoms with Crippen LogP contribution in [0.5, 0.6) is 0 Å². The average Bonchev–Trinajstić information content (AvgIpc) is 2.89. The monoisotopic (exact) mass is 344 g/mol. The summed E-state index contributed by atoms with van der Waals surface area (Å²) in [7, 11) is 1.29. The third-order valence-corrected chi connectivity index (χ3v) is 4.04. The predicted octanol–water partition coefficient (Wildman–Crippen LogP) is 1.38. The topological polar surface area (TPSA) is 105 Å². The normalized spacial score (nSPS) is 22.1. The van der Waals surface area contributed by atoms with Crippen molar-refractivity contribution in [2.75, 3.05) is 20.2 Å². The van der Waals surface area contributed by atoms with Crippen LogP contribution in [-0.2, 0) is 19.1 Å². The van der Waals surface area contributed by atoms with Gasteiger partial charge in [-0.25, -0.2) is 9.59 Å². The largest absolute Gasteiger partial charge is 0.479 e. The number of ether oxygens (including phenoxy) is 2. The number of carbonyl (C=O) groups excluding carboxylic acids is 2. The molecule has 2 N–H and O–H groups in total. The summed E-state index contributed by atoms with van der Waals surface area (Å²) in [4.78, 5) is 37.0. The van der Waals surface area contributed by atoms with E-state index < -0.39 is 35.2 Å². The fourth-order valence-electron chi connectivity index (χ4n) is 2.81. The molecule has 0 bridgehead atoms. The van der Waals surface area contributed by atoms with E-state index in [1.54, 1.807) is 27.7 Å². The molecule has 0 aliphatic carbocycles. The van der Waals surface area contributed by atoms with E-state index in [4.69, 9.17) is 4.74 Å². The number of carbonyl (C=O) groups is 3. The summed E-state index contributed by atoms with van der Waals surface area (Å²) in [5, 5.41) is 12.7. The highest BCUT2D eigenvalue weighted by molar-refractivity contribution is 5.85. The van der Waals surface area contributed by atoms with Gasteiger partial charge in [-0.15, -0.1) is 0 Å². The molecule has 1 aliphatic heterocycles. The zero-order chi connectivity index (χ0) is 18.5. The third-order valence-electron chi connectivity index (χ3n) is 4.04. The molecule has 8 nitrogen and oxygen atoms in total. The molecule has 1 rings (SSSR count). The fourth-order valence-corrected chi connectivity index (χ4v) is 2.81. The van der Waals surface area contributed by atoms with Crippen LogP contribution >= 0.6 is 0 Å². The molecule has 1 saturated heterocycles. The van der Waals surface area contributed by atoms with Crippen LogP contribution < -0.4 is 5.32 Å². The van der Waals surface area contributed by atoms with E-state index in [2.05, 4.69) is 10.1 Å². The molecular formula is C16H28N2O6. The first kappa shape index (κ1) is 20.2. The summed E-state index contributed by atoms with van der Waals surface area (Å²) in [6.45, 7) is 7.46. The fraction of sp³-hybridized carbons (Fsp3) is 0.812. The number of amides is 1. The average molecular weight is 344 g/mol.